The van der Waals surface area contributed by atoms with E-state index in [-0.39, 0.29) is 13.4 Å². The zero-order valence-corrected chi connectivity index (χ0v) is 7.69. The first-order chi connectivity index (χ1) is 6.66. The minimum Gasteiger partial charge on any atom is -0.359 e. The molecule has 0 N–H and O–H groups in total. The highest BCUT2D eigenvalue weighted by Gasteiger charge is 2.34. The van der Waals surface area contributed by atoms with E-state index in [2.05, 4.69) is 4.74 Å². The van der Waals surface area contributed by atoms with Gasteiger partial charge in [-0.25, -0.2) is 0 Å². The number of Topliss-reactive ketones (excluding diaryl/α,β-unsaturated/α-hetero) is 1. The van der Waals surface area contributed by atoms with E-state index in [1.807, 2.05) is 0 Å². The van der Waals surface area contributed by atoms with Crippen LogP contribution in [0.2, 0.25) is 0 Å². The molecule has 76 valence electrons. The van der Waals surface area contributed by atoms with Crippen molar-refractivity contribution in [3.05, 3.63) is 12.2 Å². The van der Waals surface area contributed by atoms with Crippen molar-refractivity contribution >= 4 is 17.3 Å². The van der Waals surface area contributed by atoms with E-state index in [4.69, 9.17) is 4.74 Å². The van der Waals surface area contributed by atoms with Gasteiger partial charge in [0.05, 0.1) is 0 Å². The normalized spacial score (nSPS) is 16.6. The van der Waals surface area contributed by atoms with Crippen LogP contribution in [0.15, 0.2) is 12.2 Å². The fourth-order valence-electron chi connectivity index (χ4n) is 1.12. The number of ketones is 3. The van der Waals surface area contributed by atoms with E-state index in [0.717, 1.165) is 12.2 Å². The number of ether oxygens (including phenoxy) is 2. The molecule has 0 bridgehead atoms. The molecule has 1 aliphatic carbocycles. The molecule has 0 aromatic heterocycles. The molecule has 0 atom stereocenters. The van der Waals surface area contributed by atoms with Crippen LogP contribution in [0.4, 0.5) is 0 Å². The Bertz CT molecular complexity index is 274. The summed E-state index contributed by atoms with van der Waals surface area (Å²) in [5, 5.41) is 0. The first-order valence-corrected chi connectivity index (χ1v) is 4.02. The Balaban J connectivity index is 2.45. The zero-order valence-electron chi connectivity index (χ0n) is 7.69. The molecule has 5 nitrogen and oxygen atoms in total. The second-order valence-electron chi connectivity index (χ2n) is 2.79. The van der Waals surface area contributed by atoms with Gasteiger partial charge >= 0.3 is 0 Å². The minimum absolute atomic E-state index is 0.0335. The number of hydrogen-bond donors (Lipinski definition) is 0. The Morgan fingerprint density at radius 3 is 2.43 bits per heavy atom. The van der Waals surface area contributed by atoms with Crippen LogP contribution in [0.5, 0.6) is 0 Å². The second-order valence-corrected chi connectivity index (χ2v) is 2.79. The number of allylic oxidation sites excluding steroid dienone is 2. The van der Waals surface area contributed by atoms with Crippen LogP contribution in [0, 0.1) is 5.92 Å². The smallest absolute Gasteiger partial charge is 0.177 e. The topological polar surface area (TPSA) is 69.7 Å². The van der Waals surface area contributed by atoms with Gasteiger partial charge in [-0.05, 0) is 12.2 Å². The molecule has 0 fully saturated rings. The SMILES string of the molecule is COCOCC(=O)C1C(=O)C=CC1=O. The number of carbonyl (C=O) groups excluding carboxylic acids is 3. The summed E-state index contributed by atoms with van der Waals surface area (Å²) in [6, 6.07) is 0. The number of hydrogen-bond acceptors (Lipinski definition) is 5. The third-order valence-corrected chi connectivity index (χ3v) is 1.75. The summed E-state index contributed by atoms with van der Waals surface area (Å²) in [6.45, 7) is -0.314. The van der Waals surface area contributed by atoms with Gasteiger partial charge in [0.1, 0.15) is 19.3 Å². The highest BCUT2D eigenvalue weighted by atomic mass is 16.7. The Morgan fingerprint density at radius 1 is 1.36 bits per heavy atom. The lowest BCUT2D eigenvalue weighted by molar-refractivity contribution is -0.140. The van der Waals surface area contributed by atoms with E-state index in [1.54, 1.807) is 0 Å². The van der Waals surface area contributed by atoms with Gasteiger partial charge in [0, 0.05) is 7.11 Å². The lowest BCUT2D eigenvalue weighted by atomic mass is 10.0. The second kappa shape index (κ2) is 4.78. The summed E-state index contributed by atoms with van der Waals surface area (Å²) in [7, 11) is 1.41. The third-order valence-electron chi connectivity index (χ3n) is 1.75. The highest BCUT2D eigenvalue weighted by molar-refractivity contribution is 6.30. The maximum Gasteiger partial charge on any atom is 0.177 e. The molecule has 0 amide bonds. The Labute approximate surface area is 80.7 Å². The summed E-state index contributed by atoms with van der Waals surface area (Å²) in [4.78, 5) is 33.4. The largest absolute Gasteiger partial charge is 0.359 e. The lowest BCUT2D eigenvalue weighted by Gasteiger charge is -2.05. The summed E-state index contributed by atoms with van der Waals surface area (Å²) in [5.74, 6) is -2.66. The molecular weight excluding hydrogens is 188 g/mol. The molecular formula is C9H10O5. The van der Waals surface area contributed by atoms with Gasteiger partial charge in [-0.3, -0.25) is 14.4 Å². The summed E-state index contributed by atoms with van der Waals surface area (Å²) >= 11 is 0. The summed E-state index contributed by atoms with van der Waals surface area (Å²) < 4.78 is 9.30. The zero-order chi connectivity index (χ0) is 10.6. The molecule has 5 heteroatoms. The maximum absolute atomic E-state index is 11.3. The molecule has 0 heterocycles. The van der Waals surface area contributed by atoms with Crippen molar-refractivity contribution in [3.63, 3.8) is 0 Å². The predicted molar refractivity (Wildman–Crippen MR) is 45.5 cm³/mol. The number of methoxy groups -OCH3 is 1. The molecule has 0 saturated carbocycles. The third kappa shape index (κ3) is 2.34. The van der Waals surface area contributed by atoms with Crippen LogP contribution in [-0.4, -0.2) is 37.9 Å². The van der Waals surface area contributed by atoms with Crippen molar-refractivity contribution in [1.29, 1.82) is 0 Å². The average molecular weight is 198 g/mol. The monoisotopic (exact) mass is 198 g/mol. The highest BCUT2D eigenvalue weighted by Crippen LogP contribution is 2.11. The van der Waals surface area contributed by atoms with Gasteiger partial charge < -0.3 is 9.47 Å². The van der Waals surface area contributed by atoms with Gasteiger partial charge in [0.2, 0.25) is 0 Å². The quantitative estimate of drug-likeness (QED) is 0.338. The molecule has 0 saturated heterocycles. The molecule has 0 aromatic carbocycles. The van der Waals surface area contributed by atoms with Crippen LogP contribution < -0.4 is 0 Å². The summed E-state index contributed by atoms with van der Waals surface area (Å²) in [6.07, 6.45) is 2.22. The van der Waals surface area contributed by atoms with Crippen LogP contribution >= 0.6 is 0 Å². The Hall–Kier alpha value is -1.33. The van der Waals surface area contributed by atoms with Crippen LogP contribution in [0.25, 0.3) is 0 Å². The van der Waals surface area contributed by atoms with Gasteiger partial charge in [-0.2, -0.15) is 0 Å². The van der Waals surface area contributed by atoms with Crippen molar-refractivity contribution in [3.8, 4) is 0 Å². The first kappa shape index (κ1) is 10.7. The van der Waals surface area contributed by atoms with E-state index < -0.39 is 23.3 Å². The van der Waals surface area contributed by atoms with Crippen LogP contribution in [0.1, 0.15) is 0 Å². The summed E-state index contributed by atoms with van der Waals surface area (Å²) in [5.41, 5.74) is 0. The average Bonchev–Trinajstić information content (AvgIpc) is 2.46. The molecule has 0 radical (unpaired) electrons. The van der Waals surface area contributed by atoms with Gasteiger partial charge in [-0.1, -0.05) is 0 Å². The lowest BCUT2D eigenvalue weighted by Crippen LogP contribution is -2.29. The van der Waals surface area contributed by atoms with Crippen molar-refractivity contribution in [2.75, 3.05) is 20.5 Å². The van der Waals surface area contributed by atoms with Crippen molar-refractivity contribution in [1.82, 2.24) is 0 Å². The van der Waals surface area contributed by atoms with Gasteiger partial charge in [0.25, 0.3) is 0 Å². The van der Waals surface area contributed by atoms with Gasteiger partial charge in [-0.15, -0.1) is 0 Å². The molecule has 1 rings (SSSR count). The number of rotatable bonds is 5. The Morgan fingerprint density at radius 2 is 1.93 bits per heavy atom. The first-order valence-electron chi connectivity index (χ1n) is 4.02. The minimum atomic E-state index is -1.19. The molecule has 1 aliphatic rings. The van der Waals surface area contributed by atoms with E-state index in [0.29, 0.717) is 0 Å². The van der Waals surface area contributed by atoms with Crippen molar-refractivity contribution in [2.45, 2.75) is 0 Å². The molecule has 0 aromatic rings. The van der Waals surface area contributed by atoms with Crippen LogP contribution in [-0.2, 0) is 23.9 Å². The molecule has 0 spiro atoms. The number of carbonyl (C=O) groups is 3. The maximum atomic E-state index is 11.3. The Kier molecular flexibility index (Phi) is 3.67. The molecule has 0 unspecified atom stereocenters. The van der Waals surface area contributed by atoms with Crippen LogP contribution in [0.3, 0.4) is 0 Å². The fourth-order valence-corrected chi connectivity index (χ4v) is 1.12. The van der Waals surface area contributed by atoms with E-state index >= 15 is 0 Å². The van der Waals surface area contributed by atoms with Crippen molar-refractivity contribution in [2.24, 2.45) is 5.92 Å². The van der Waals surface area contributed by atoms with Crippen molar-refractivity contribution < 1.29 is 23.9 Å². The molecule has 14 heavy (non-hydrogen) atoms. The molecule has 0 aliphatic heterocycles. The fraction of sp³-hybridized carbons (Fsp3) is 0.444. The standard InChI is InChI=1S/C9H10O5/c1-13-5-14-4-8(12)9-6(10)2-3-7(9)11/h2-3,9H,4-5H2,1H3. The predicted octanol–water partition coefficient (Wildman–Crippen LogP) is -0.500. The van der Waals surface area contributed by atoms with E-state index in [1.165, 1.54) is 7.11 Å². The van der Waals surface area contributed by atoms with E-state index in [9.17, 15) is 14.4 Å². The van der Waals surface area contributed by atoms with Gasteiger partial charge in [0.15, 0.2) is 17.3 Å².